The van der Waals surface area contributed by atoms with Crippen LogP contribution in [0, 0.1) is 6.92 Å². The van der Waals surface area contributed by atoms with Gasteiger partial charge in [-0.25, -0.2) is 4.79 Å². The number of aromatic hydroxyl groups is 2. The Hall–Kier alpha value is -3.02. The number of phenols is 2. The topological polar surface area (TPSA) is 95.9 Å². The van der Waals surface area contributed by atoms with Crippen LogP contribution in [-0.4, -0.2) is 28.7 Å². The number of hydrogen-bond donors (Lipinski definition) is 3. The lowest BCUT2D eigenvalue weighted by Crippen LogP contribution is -2.21. The van der Waals surface area contributed by atoms with Gasteiger partial charge >= 0.3 is 5.97 Å². The lowest BCUT2D eigenvalue weighted by molar-refractivity contribution is -0.119. The second kappa shape index (κ2) is 7.70. The van der Waals surface area contributed by atoms with E-state index in [1.807, 2.05) is 25.1 Å². The van der Waals surface area contributed by atoms with Crippen molar-refractivity contribution in [2.75, 3.05) is 11.9 Å². The average molecular weight is 343 g/mol. The smallest absolute Gasteiger partial charge is 0.338 e. The molecular weight excluding hydrogens is 322 g/mol. The van der Waals surface area contributed by atoms with Crippen LogP contribution in [0.3, 0.4) is 0 Å². The molecule has 0 aromatic heterocycles. The van der Waals surface area contributed by atoms with Gasteiger partial charge in [0.05, 0.1) is 5.56 Å². The Labute approximate surface area is 146 Å². The van der Waals surface area contributed by atoms with Crippen molar-refractivity contribution in [2.24, 2.45) is 0 Å². The molecule has 0 aliphatic heterocycles. The van der Waals surface area contributed by atoms with Crippen LogP contribution in [0.25, 0.3) is 0 Å². The predicted octanol–water partition coefficient (Wildman–Crippen LogP) is 3.33. The normalized spacial score (nSPS) is 10.6. The Kier molecular flexibility index (Phi) is 5.64. The second-order valence-electron chi connectivity index (χ2n) is 6.06. The molecule has 0 unspecified atom stereocenters. The molecule has 0 aliphatic rings. The first-order valence-corrected chi connectivity index (χ1v) is 7.87. The summed E-state index contributed by atoms with van der Waals surface area (Å²) in [6, 6.07) is 9.38. The van der Waals surface area contributed by atoms with Crippen molar-refractivity contribution in [3.05, 3.63) is 53.1 Å². The third kappa shape index (κ3) is 4.73. The summed E-state index contributed by atoms with van der Waals surface area (Å²) in [6.45, 7) is 5.55. The minimum Gasteiger partial charge on any atom is -0.504 e. The highest BCUT2D eigenvalue weighted by molar-refractivity contribution is 5.96. The molecule has 6 heteroatoms. The second-order valence-corrected chi connectivity index (χ2v) is 6.06. The zero-order valence-electron chi connectivity index (χ0n) is 14.4. The summed E-state index contributed by atoms with van der Waals surface area (Å²) in [5.41, 5.74) is 2.72. The minimum absolute atomic E-state index is 0.0427. The number of aryl methyl sites for hydroxylation is 1. The molecule has 0 bridgehead atoms. The van der Waals surface area contributed by atoms with Crippen LogP contribution >= 0.6 is 0 Å². The van der Waals surface area contributed by atoms with Crippen molar-refractivity contribution >= 4 is 17.6 Å². The average Bonchev–Trinajstić information content (AvgIpc) is 2.57. The van der Waals surface area contributed by atoms with E-state index >= 15 is 0 Å². The van der Waals surface area contributed by atoms with E-state index in [1.165, 1.54) is 12.1 Å². The fourth-order valence-electron chi connectivity index (χ4n) is 2.18. The Morgan fingerprint density at radius 2 is 1.80 bits per heavy atom. The maximum atomic E-state index is 12.0. The zero-order valence-corrected chi connectivity index (χ0v) is 14.4. The monoisotopic (exact) mass is 343 g/mol. The van der Waals surface area contributed by atoms with Gasteiger partial charge in [-0.1, -0.05) is 26.0 Å². The number of anilines is 1. The maximum Gasteiger partial charge on any atom is 0.338 e. The third-order valence-corrected chi connectivity index (χ3v) is 3.75. The van der Waals surface area contributed by atoms with Crippen LogP contribution in [0.2, 0.25) is 0 Å². The molecule has 0 spiro atoms. The highest BCUT2D eigenvalue weighted by Gasteiger charge is 2.13. The van der Waals surface area contributed by atoms with E-state index in [2.05, 4.69) is 19.2 Å². The van der Waals surface area contributed by atoms with E-state index in [-0.39, 0.29) is 11.3 Å². The molecular formula is C19H21NO5. The number of esters is 1. The molecule has 2 rings (SSSR count). The summed E-state index contributed by atoms with van der Waals surface area (Å²) >= 11 is 0. The standard InChI is InChI=1S/C19H21NO5/c1-11(2)13-5-4-12(3)15(8-13)20-18(23)10-25-19(24)14-6-7-16(21)17(22)9-14/h4-9,11,21-22H,10H2,1-3H3,(H,20,23). The molecule has 6 nitrogen and oxygen atoms in total. The molecule has 2 aromatic rings. The van der Waals surface area contributed by atoms with Gasteiger partial charge in [-0.2, -0.15) is 0 Å². The molecule has 1 amide bonds. The Morgan fingerprint density at radius 1 is 1.08 bits per heavy atom. The van der Waals surface area contributed by atoms with Gasteiger partial charge < -0.3 is 20.3 Å². The van der Waals surface area contributed by atoms with E-state index in [4.69, 9.17) is 4.74 Å². The first-order chi connectivity index (χ1) is 11.8. The van der Waals surface area contributed by atoms with Gasteiger partial charge in [0.15, 0.2) is 18.1 Å². The van der Waals surface area contributed by atoms with E-state index in [0.717, 1.165) is 17.2 Å². The van der Waals surface area contributed by atoms with Crippen LogP contribution in [0.1, 0.15) is 41.3 Å². The number of ether oxygens (including phenoxy) is 1. The fourth-order valence-corrected chi connectivity index (χ4v) is 2.18. The largest absolute Gasteiger partial charge is 0.504 e. The minimum atomic E-state index is -0.766. The maximum absolute atomic E-state index is 12.0. The summed E-state index contributed by atoms with van der Waals surface area (Å²) in [4.78, 5) is 23.9. The predicted molar refractivity (Wildman–Crippen MR) is 94.0 cm³/mol. The number of nitrogens with one attached hydrogen (secondary N) is 1. The number of rotatable bonds is 5. The summed E-state index contributed by atoms with van der Waals surface area (Å²) in [6.07, 6.45) is 0. The number of carbonyl (C=O) groups is 2. The molecule has 2 aromatic carbocycles. The highest BCUT2D eigenvalue weighted by Crippen LogP contribution is 2.25. The van der Waals surface area contributed by atoms with Gasteiger partial charge in [-0.15, -0.1) is 0 Å². The van der Waals surface area contributed by atoms with Gasteiger partial charge in [0.1, 0.15) is 0 Å². The number of carbonyl (C=O) groups excluding carboxylic acids is 2. The highest BCUT2D eigenvalue weighted by atomic mass is 16.5. The van der Waals surface area contributed by atoms with Gasteiger partial charge in [0.25, 0.3) is 5.91 Å². The SMILES string of the molecule is Cc1ccc(C(C)C)cc1NC(=O)COC(=O)c1ccc(O)c(O)c1. The van der Waals surface area contributed by atoms with Crippen molar-refractivity contribution in [1.29, 1.82) is 0 Å². The van der Waals surface area contributed by atoms with E-state index < -0.39 is 24.2 Å². The Balaban J connectivity index is 1.97. The summed E-state index contributed by atoms with van der Waals surface area (Å²) in [5, 5.41) is 21.3. The summed E-state index contributed by atoms with van der Waals surface area (Å²) in [7, 11) is 0. The molecule has 0 saturated carbocycles. The Bertz CT molecular complexity index is 798. The Morgan fingerprint density at radius 3 is 2.44 bits per heavy atom. The molecule has 0 saturated heterocycles. The van der Waals surface area contributed by atoms with Crippen LogP contribution in [0.5, 0.6) is 11.5 Å². The van der Waals surface area contributed by atoms with Crippen LogP contribution in [-0.2, 0) is 9.53 Å². The first kappa shape index (κ1) is 18.3. The van der Waals surface area contributed by atoms with Crippen LogP contribution < -0.4 is 5.32 Å². The number of phenolic OH excluding ortho intramolecular Hbond substituents is 2. The van der Waals surface area contributed by atoms with Crippen LogP contribution in [0.4, 0.5) is 5.69 Å². The van der Waals surface area contributed by atoms with Gasteiger partial charge in [-0.3, -0.25) is 4.79 Å². The summed E-state index contributed by atoms with van der Waals surface area (Å²) in [5.74, 6) is -1.66. The molecule has 25 heavy (non-hydrogen) atoms. The van der Waals surface area contributed by atoms with Crippen LogP contribution in [0.15, 0.2) is 36.4 Å². The van der Waals surface area contributed by atoms with E-state index in [0.29, 0.717) is 11.6 Å². The van der Waals surface area contributed by atoms with Gasteiger partial charge in [0, 0.05) is 5.69 Å². The van der Waals surface area contributed by atoms with Crippen molar-refractivity contribution in [2.45, 2.75) is 26.7 Å². The van der Waals surface area contributed by atoms with E-state index in [9.17, 15) is 19.8 Å². The number of benzene rings is 2. The molecule has 3 N–H and O–H groups in total. The quantitative estimate of drug-likeness (QED) is 0.572. The number of amides is 1. The molecule has 0 aliphatic carbocycles. The fraction of sp³-hybridized carbons (Fsp3) is 0.263. The van der Waals surface area contributed by atoms with Gasteiger partial charge in [-0.05, 0) is 48.2 Å². The molecule has 0 fully saturated rings. The number of hydrogen-bond acceptors (Lipinski definition) is 5. The zero-order chi connectivity index (χ0) is 18.6. The lowest BCUT2D eigenvalue weighted by atomic mass is 10.0. The molecule has 0 radical (unpaired) electrons. The first-order valence-electron chi connectivity index (χ1n) is 7.87. The molecule has 0 atom stereocenters. The van der Waals surface area contributed by atoms with Crippen molar-refractivity contribution in [3.8, 4) is 11.5 Å². The van der Waals surface area contributed by atoms with Gasteiger partial charge in [0.2, 0.25) is 0 Å². The lowest BCUT2D eigenvalue weighted by Gasteiger charge is -2.12. The van der Waals surface area contributed by atoms with Crippen molar-refractivity contribution in [3.63, 3.8) is 0 Å². The molecule has 0 heterocycles. The molecule has 132 valence electrons. The summed E-state index contributed by atoms with van der Waals surface area (Å²) < 4.78 is 4.93. The third-order valence-electron chi connectivity index (χ3n) is 3.75. The van der Waals surface area contributed by atoms with Crippen molar-refractivity contribution < 1.29 is 24.5 Å². The van der Waals surface area contributed by atoms with Crippen molar-refractivity contribution in [1.82, 2.24) is 0 Å². The van der Waals surface area contributed by atoms with E-state index in [1.54, 1.807) is 0 Å².